The van der Waals surface area contributed by atoms with Crippen LogP contribution in [0.2, 0.25) is 0 Å². The summed E-state index contributed by atoms with van der Waals surface area (Å²) in [6, 6.07) is 0. The molecule has 0 bridgehead atoms. The number of hydrogen-bond donors (Lipinski definition) is 2. The van der Waals surface area contributed by atoms with E-state index in [1.54, 1.807) is 12.4 Å². The van der Waals surface area contributed by atoms with Gasteiger partial charge in [-0.05, 0) is 0 Å². The van der Waals surface area contributed by atoms with Crippen LogP contribution in [0.1, 0.15) is 17.6 Å². The Balaban J connectivity index is 1.92. The lowest BCUT2D eigenvalue weighted by molar-refractivity contribution is 0.961. The summed E-state index contributed by atoms with van der Waals surface area (Å²) < 4.78 is 0. The standard InChI is InChI=1S/C11H10N4/c1-2-9(11-14-5-6-15-11)7-8(1)10-12-3-4-13-10/h1-8H,(H,12,13)(H,14,15). The van der Waals surface area contributed by atoms with Crippen LogP contribution in [0.3, 0.4) is 0 Å². The molecule has 1 unspecified atom stereocenters. The second-order valence-corrected chi connectivity index (χ2v) is 3.42. The Morgan fingerprint density at radius 1 is 1.07 bits per heavy atom. The fraction of sp³-hybridized carbons (Fsp3) is 0.0909. The molecule has 1 atom stereocenters. The van der Waals surface area contributed by atoms with Crippen molar-refractivity contribution in [2.45, 2.75) is 5.92 Å². The van der Waals surface area contributed by atoms with E-state index < -0.39 is 0 Å². The third kappa shape index (κ3) is 1.40. The minimum absolute atomic E-state index is 0.236. The molecular formula is C11H10N4. The number of nitrogens with zero attached hydrogens (tertiary/aromatic N) is 2. The van der Waals surface area contributed by atoms with Crippen molar-refractivity contribution in [3.8, 4) is 0 Å². The van der Waals surface area contributed by atoms with Crippen molar-refractivity contribution in [3.05, 3.63) is 54.7 Å². The van der Waals surface area contributed by atoms with Gasteiger partial charge in [-0.2, -0.15) is 0 Å². The number of nitrogens with one attached hydrogen (secondary N) is 2. The summed E-state index contributed by atoms with van der Waals surface area (Å²) in [4.78, 5) is 14.6. The Morgan fingerprint density at radius 3 is 2.67 bits per heavy atom. The summed E-state index contributed by atoms with van der Waals surface area (Å²) in [5.41, 5.74) is 1.11. The van der Waals surface area contributed by atoms with Gasteiger partial charge in [0.1, 0.15) is 11.6 Å². The summed E-state index contributed by atoms with van der Waals surface area (Å²) >= 11 is 0. The zero-order valence-corrected chi connectivity index (χ0v) is 8.01. The first-order chi connectivity index (χ1) is 7.43. The van der Waals surface area contributed by atoms with Crippen molar-refractivity contribution >= 4 is 5.57 Å². The minimum atomic E-state index is 0.236. The molecule has 1 aliphatic carbocycles. The van der Waals surface area contributed by atoms with Gasteiger partial charge in [0.2, 0.25) is 0 Å². The maximum Gasteiger partial charge on any atom is 0.136 e. The van der Waals surface area contributed by atoms with Crippen molar-refractivity contribution in [3.63, 3.8) is 0 Å². The van der Waals surface area contributed by atoms with Crippen molar-refractivity contribution < 1.29 is 0 Å². The average molecular weight is 198 g/mol. The molecule has 0 saturated heterocycles. The molecule has 1 aliphatic rings. The third-order valence-electron chi connectivity index (χ3n) is 2.45. The van der Waals surface area contributed by atoms with Crippen molar-refractivity contribution in [1.82, 2.24) is 19.9 Å². The van der Waals surface area contributed by atoms with Crippen LogP contribution in [0.5, 0.6) is 0 Å². The number of aromatic nitrogens is 4. The maximum atomic E-state index is 4.23. The smallest absolute Gasteiger partial charge is 0.136 e. The van der Waals surface area contributed by atoms with Gasteiger partial charge in [-0.3, -0.25) is 0 Å². The number of aromatic amines is 2. The van der Waals surface area contributed by atoms with Gasteiger partial charge in [0.15, 0.2) is 0 Å². The molecular weight excluding hydrogens is 188 g/mol. The predicted octanol–water partition coefficient (Wildman–Crippen LogP) is 1.87. The van der Waals surface area contributed by atoms with E-state index >= 15 is 0 Å². The second kappa shape index (κ2) is 3.24. The van der Waals surface area contributed by atoms with Crippen LogP contribution in [0.4, 0.5) is 0 Å². The van der Waals surface area contributed by atoms with Crippen LogP contribution in [0, 0.1) is 0 Å². The zero-order valence-electron chi connectivity index (χ0n) is 8.01. The molecule has 0 fully saturated rings. The van der Waals surface area contributed by atoms with Crippen LogP contribution in [-0.2, 0) is 0 Å². The number of hydrogen-bond acceptors (Lipinski definition) is 2. The average Bonchev–Trinajstić information content (AvgIpc) is 3.02. The Kier molecular flexibility index (Phi) is 1.78. The molecule has 0 saturated carbocycles. The van der Waals surface area contributed by atoms with Gasteiger partial charge in [-0.15, -0.1) is 0 Å². The van der Waals surface area contributed by atoms with Gasteiger partial charge in [-0.1, -0.05) is 18.2 Å². The van der Waals surface area contributed by atoms with Crippen LogP contribution in [0.25, 0.3) is 5.57 Å². The van der Waals surface area contributed by atoms with Crippen molar-refractivity contribution in [1.29, 1.82) is 0 Å². The highest BCUT2D eigenvalue weighted by Gasteiger charge is 2.15. The summed E-state index contributed by atoms with van der Waals surface area (Å²) in [6.07, 6.45) is 13.5. The summed E-state index contributed by atoms with van der Waals surface area (Å²) in [5.74, 6) is 2.10. The lowest BCUT2D eigenvalue weighted by Crippen LogP contribution is -1.91. The number of imidazole rings is 2. The van der Waals surface area contributed by atoms with Crippen molar-refractivity contribution in [2.24, 2.45) is 0 Å². The monoisotopic (exact) mass is 198 g/mol. The molecule has 4 heteroatoms. The molecule has 2 N–H and O–H groups in total. The molecule has 15 heavy (non-hydrogen) atoms. The van der Waals surface area contributed by atoms with Gasteiger partial charge in [0.05, 0.1) is 5.92 Å². The fourth-order valence-electron chi connectivity index (χ4n) is 1.72. The Labute approximate surface area is 86.8 Å². The molecule has 74 valence electrons. The summed E-state index contributed by atoms with van der Waals surface area (Å²) in [7, 11) is 0. The number of H-pyrrole nitrogens is 2. The van der Waals surface area contributed by atoms with Gasteiger partial charge >= 0.3 is 0 Å². The Morgan fingerprint density at radius 2 is 1.93 bits per heavy atom. The third-order valence-corrected chi connectivity index (χ3v) is 2.45. The van der Waals surface area contributed by atoms with Crippen LogP contribution in [0.15, 0.2) is 43.0 Å². The van der Waals surface area contributed by atoms with Gasteiger partial charge in [0.25, 0.3) is 0 Å². The molecule has 0 radical (unpaired) electrons. The lowest BCUT2D eigenvalue weighted by Gasteiger charge is -1.98. The van der Waals surface area contributed by atoms with E-state index in [4.69, 9.17) is 0 Å². The van der Waals surface area contributed by atoms with E-state index in [9.17, 15) is 0 Å². The van der Waals surface area contributed by atoms with E-state index in [1.165, 1.54) is 0 Å². The maximum absolute atomic E-state index is 4.23. The van der Waals surface area contributed by atoms with Crippen molar-refractivity contribution in [2.75, 3.05) is 0 Å². The largest absolute Gasteiger partial charge is 0.348 e. The molecule has 3 rings (SSSR count). The topological polar surface area (TPSA) is 57.4 Å². The molecule has 0 spiro atoms. The molecule has 0 aromatic carbocycles. The van der Waals surface area contributed by atoms with E-state index in [0.717, 1.165) is 17.2 Å². The lowest BCUT2D eigenvalue weighted by atomic mass is 10.1. The molecule has 0 amide bonds. The first kappa shape index (κ1) is 8.23. The summed E-state index contributed by atoms with van der Waals surface area (Å²) in [6.45, 7) is 0. The number of allylic oxidation sites excluding steroid dienone is 4. The van der Waals surface area contributed by atoms with Gasteiger partial charge in [-0.25, -0.2) is 9.97 Å². The second-order valence-electron chi connectivity index (χ2n) is 3.42. The molecule has 2 aromatic rings. The molecule has 4 nitrogen and oxygen atoms in total. The fourth-order valence-corrected chi connectivity index (χ4v) is 1.72. The van der Waals surface area contributed by atoms with Gasteiger partial charge in [0, 0.05) is 30.4 Å². The van der Waals surface area contributed by atoms with E-state index in [-0.39, 0.29) is 5.92 Å². The number of rotatable bonds is 2. The van der Waals surface area contributed by atoms with Crippen LogP contribution < -0.4 is 0 Å². The normalized spacial score (nSPS) is 19.5. The quantitative estimate of drug-likeness (QED) is 0.773. The minimum Gasteiger partial charge on any atom is -0.348 e. The van der Waals surface area contributed by atoms with E-state index in [2.05, 4.69) is 38.2 Å². The van der Waals surface area contributed by atoms with Crippen LogP contribution >= 0.6 is 0 Å². The highest BCUT2D eigenvalue weighted by molar-refractivity contribution is 5.73. The Hall–Kier alpha value is -2.10. The highest BCUT2D eigenvalue weighted by Crippen LogP contribution is 2.27. The van der Waals surface area contributed by atoms with Gasteiger partial charge < -0.3 is 9.97 Å². The molecule has 0 aliphatic heterocycles. The van der Waals surface area contributed by atoms with E-state index in [1.807, 2.05) is 12.4 Å². The predicted molar refractivity (Wildman–Crippen MR) is 57.0 cm³/mol. The molecule has 2 aromatic heterocycles. The highest BCUT2D eigenvalue weighted by atomic mass is 14.9. The Bertz CT molecular complexity index is 491. The zero-order chi connectivity index (χ0) is 10.1. The van der Waals surface area contributed by atoms with Crippen LogP contribution in [-0.4, -0.2) is 19.9 Å². The first-order valence-electron chi connectivity index (χ1n) is 4.82. The van der Waals surface area contributed by atoms with E-state index in [0.29, 0.717) is 0 Å². The SMILES string of the molecule is C1=CC(c2ncc[nH]2)C=C1c1ncc[nH]1. The molecule has 2 heterocycles. The summed E-state index contributed by atoms with van der Waals surface area (Å²) in [5, 5.41) is 0. The first-order valence-corrected chi connectivity index (χ1v) is 4.82.